The van der Waals surface area contributed by atoms with Gasteiger partial charge in [-0.1, -0.05) is 23.3 Å². The molecule has 4 heteroatoms. The van der Waals surface area contributed by atoms with E-state index in [1.165, 1.54) is 30.4 Å². The van der Waals surface area contributed by atoms with Crippen molar-refractivity contribution < 1.29 is 19.7 Å². The van der Waals surface area contributed by atoms with Crippen molar-refractivity contribution in [3.8, 4) is 17.2 Å². The number of ether oxygens (including phenoxy) is 2. The fraction of sp³-hybridized carbons (Fsp3) is 0.444. The Balaban J connectivity index is 2.71. The van der Waals surface area contributed by atoms with Crippen LogP contribution in [0.3, 0.4) is 0 Å². The van der Waals surface area contributed by atoms with E-state index in [0.29, 0.717) is 17.7 Å². The maximum absolute atomic E-state index is 10.0. The van der Waals surface area contributed by atoms with Gasteiger partial charge in [-0.3, -0.25) is 0 Å². The Morgan fingerprint density at radius 2 is 1.73 bits per heavy atom. The molecule has 1 aromatic rings. The lowest BCUT2D eigenvalue weighted by molar-refractivity contribution is 0.0508. The lowest BCUT2D eigenvalue weighted by Gasteiger charge is -2.10. The largest absolute Gasteiger partial charge is 0.507 e. The first-order chi connectivity index (χ1) is 10.4. The van der Waals surface area contributed by atoms with Gasteiger partial charge in [0.2, 0.25) is 0 Å². The molecule has 0 heterocycles. The number of aromatic hydroxyl groups is 2. The molecule has 4 nitrogen and oxygen atoms in total. The summed E-state index contributed by atoms with van der Waals surface area (Å²) in [4.78, 5) is 0. The van der Waals surface area contributed by atoms with Gasteiger partial charge in [0.1, 0.15) is 17.2 Å². The van der Waals surface area contributed by atoms with Gasteiger partial charge in [0.25, 0.3) is 0 Å². The molecule has 0 bridgehead atoms. The van der Waals surface area contributed by atoms with Crippen LogP contribution in [0, 0.1) is 0 Å². The van der Waals surface area contributed by atoms with Gasteiger partial charge in [-0.15, -0.1) is 0 Å². The highest BCUT2D eigenvalue weighted by Gasteiger charge is 2.09. The topological polar surface area (TPSA) is 58.9 Å². The van der Waals surface area contributed by atoms with Crippen molar-refractivity contribution in [2.75, 3.05) is 13.9 Å². The lowest BCUT2D eigenvalue weighted by Crippen LogP contribution is -1.99. The molecule has 0 aliphatic carbocycles. The van der Waals surface area contributed by atoms with Gasteiger partial charge in [0.05, 0.1) is 0 Å². The molecule has 0 spiro atoms. The van der Waals surface area contributed by atoms with Crippen LogP contribution < -0.4 is 4.74 Å². The summed E-state index contributed by atoms with van der Waals surface area (Å²) in [7, 11) is 1.51. The summed E-state index contributed by atoms with van der Waals surface area (Å²) in [6.07, 6.45) is 6.70. The van der Waals surface area contributed by atoms with Crippen LogP contribution in [0.2, 0.25) is 0 Å². The molecule has 0 fully saturated rings. The normalized spacial score (nSPS) is 11.4. The van der Waals surface area contributed by atoms with Crippen LogP contribution in [-0.2, 0) is 11.2 Å². The molecule has 2 N–H and O–H groups in total. The molecule has 22 heavy (non-hydrogen) atoms. The second-order valence-corrected chi connectivity index (χ2v) is 5.57. The Bertz CT molecular complexity index is 517. The van der Waals surface area contributed by atoms with Gasteiger partial charge in [-0.2, -0.15) is 0 Å². The second-order valence-electron chi connectivity index (χ2n) is 5.57. The van der Waals surface area contributed by atoms with Gasteiger partial charge in [0, 0.05) is 24.8 Å². The van der Waals surface area contributed by atoms with Gasteiger partial charge < -0.3 is 19.7 Å². The Labute approximate surface area is 132 Å². The van der Waals surface area contributed by atoms with E-state index in [2.05, 4.69) is 26.8 Å². The standard InChI is InChI=1S/C18H26O4/c1-13(2)6-5-7-14(3)8-9-16-17(19)10-15(11-18(16)20)22-12-21-4/h6,8,10-11,19-20H,5,7,9,12H2,1-4H3/b14-8+. The smallest absolute Gasteiger partial charge is 0.188 e. The summed E-state index contributed by atoms with van der Waals surface area (Å²) in [6, 6.07) is 2.97. The first-order valence-corrected chi connectivity index (χ1v) is 7.39. The first-order valence-electron chi connectivity index (χ1n) is 7.39. The van der Waals surface area contributed by atoms with Crippen LogP contribution in [0.15, 0.2) is 35.4 Å². The van der Waals surface area contributed by atoms with Crippen molar-refractivity contribution in [3.05, 3.63) is 41.0 Å². The van der Waals surface area contributed by atoms with Crippen molar-refractivity contribution in [2.45, 2.75) is 40.0 Å². The highest BCUT2D eigenvalue weighted by Crippen LogP contribution is 2.33. The molecule has 0 saturated heterocycles. The van der Waals surface area contributed by atoms with Crippen molar-refractivity contribution in [3.63, 3.8) is 0 Å². The van der Waals surface area contributed by atoms with Crippen LogP contribution in [-0.4, -0.2) is 24.1 Å². The first kappa shape index (κ1) is 18.1. The molecule has 0 radical (unpaired) electrons. The third-order valence-electron chi connectivity index (χ3n) is 3.27. The zero-order chi connectivity index (χ0) is 16.5. The maximum Gasteiger partial charge on any atom is 0.188 e. The molecule has 0 amide bonds. The molecule has 122 valence electrons. The van der Waals surface area contributed by atoms with E-state index in [-0.39, 0.29) is 18.3 Å². The number of methoxy groups -OCH3 is 1. The Morgan fingerprint density at radius 1 is 1.09 bits per heavy atom. The Morgan fingerprint density at radius 3 is 2.27 bits per heavy atom. The molecular weight excluding hydrogens is 280 g/mol. The molecule has 0 atom stereocenters. The maximum atomic E-state index is 10.0. The molecule has 0 aliphatic heterocycles. The number of phenols is 2. The molecule has 0 saturated carbocycles. The summed E-state index contributed by atoms with van der Waals surface area (Å²) < 4.78 is 10.00. The van der Waals surface area contributed by atoms with Crippen LogP contribution >= 0.6 is 0 Å². The van der Waals surface area contributed by atoms with E-state index in [0.717, 1.165) is 12.8 Å². The predicted octanol–water partition coefficient (Wildman–Crippen LogP) is 4.32. The van der Waals surface area contributed by atoms with E-state index in [1.54, 1.807) is 0 Å². The van der Waals surface area contributed by atoms with E-state index in [1.807, 2.05) is 6.08 Å². The van der Waals surface area contributed by atoms with Crippen LogP contribution in [0.4, 0.5) is 0 Å². The minimum Gasteiger partial charge on any atom is -0.507 e. The third kappa shape index (κ3) is 6.22. The lowest BCUT2D eigenvalue weighted by atomic mass is 10.0. The number of hydrogen-bond acceptors (Lipinski definition) is 4. The van der Waals surface area contributed by atoms with Gasteiger partial charge >= 0.3 is 0 Å². The zero-order valence-electron chi connectivity index (χ0n) is 13.8. The molecule has 1 rings (SSSR count). The average molecular weight is 306 g/mol. The van der Waals surface area contributed by atoms with Gasteiger partial charge in [0.15, 0.2) is 6.79 Å². The molecule has 0 aromatic heterocycles. The summed E-state index contributed by atoms with van der Waals surface area (Å²) in [6.45, 7) is 6.30. The number of benzene rings is 1. The quantitative estimate of drug-likeness (QED) is 0.555. The van der Waals surface area contributed by atoms with Crippen molar-refractivity contribution in [2.24, 2.45) is 0 Å². The van der Waals surface area contributed by atoms with E-state index >= 15 is 0 Å². The minimum atomic E-state index is 0.0273. The number of rotatable bonds is 8. The highest BCUT2D eigenvalue weighted by molar-refractivity contribution is 5.50. The van der Waals surface area contributed by atoms with Crippen LogP contribution in [0.25, 0.3) is 0 Å². The summed E-state index contributed by atoms with van der Waals surface area (Å²) >= 11 is 0. The minimum absolute atomic E-state index is 0.0273. The SMILES string of the molecule is COCOc1cc(O)c(C/C=C(\C)CCC=C(C)C)c(O)c1. The fourth-order valence-electron chi connectivity index (χ4n) is 2.00. The molecule has 0 unspecified atom stereocenters. The Kier molecular flexibility index (Phi) is 7.54. The molecule has 1 aromatic carbocycles. The third-order valence-corrected chi connectivity index (χ3v) is 3.27. The summed E-state index contributed by atoms with van der Waals surface area (Å²) in [5.74, 6) is 0.434. The van der Waals surface area contributed by atoms with E-state index in [9.17, 15) is 10.2 Å². The van der Waals surface area contributed by atoms with Crippen molar-refractivity contribution in [1.82, 2.24) is 0 Å². The Hall–Kier alpha value is -1.94. The summed E-state index contributed by atoms with van der Waals surface area (Å²) in [5, 5.41) is 20.0. The predicted molar refractivity (Wildman–Crippen MR) is 88.4 cm³/mol. The second kappa shape index (κ2) is 9.15. The van der Waals surface area contributed by atoms with E-state index < -0.39 is 0 Å². The summed E-state index contributed by atoms with van der Waals surface area (Å²) in [5.41, 5.74) is 3.05. The molecular formula is C18H26O4. The monoisotopic (exact) mass is 306 g/mol. The van der Waals surface area contributed by atoms with Crippen LogP contribution in [0.5, 0.6) is 17.2 Å². The van der Waals surface area contributed by atoms with Crippen molar-refractivity contribution >= 4 is 0 Å². The van der Waals surface area contributed by atoms with Gasteiger partial charge in [-0.05, 0) is 40.0 Å². The average Bonchev–Trinajstić information content (AvgIpc) is 2.43. The van der Waals surface area contributed by atoms with Gasteiger partial charge in [-0.25, -0.2) is 0 Å². The zero-order valence-corrected chi connectivity index (χ0v) is 13.8. The molecule has 0 aliphatic rings. The number of hydrogen-bond donors (Lipinski definition) is 2. The van der Waals surface area contributed by atoms with Crippen molar-refractivity contribution in [1.29, 1.82) is 0 Å². The number of phenolic OH excluding ortho intramolecular Hbond substituents is 2. The van der Waals surface area contributed by atoms with E-state index in [4.69, 9.17) is 9.47 Å². The fourth-order valence-corrected chi connectivity index (χ4v) is 2.00. The number of allylic oxidation sites excluding steroid dienone is 4. The van der Waals surface area contributed by atoms with Crippen LogP contribution in [0.1, 0.15) is 39.2 Å². The highest BCUT2D eigenvalue weighted by atomic mass is 16.7.